The van der Waals surface area contributed by atoms with Gasteiger partial charge in [-0.3, -0.25) is 14.5 Å². The van der Waals surface area contributed by atoms with Crippen LogP contribution in [0.1, 0.15) is 44.6 Å². The number of methoxy groups -OCH3 is 1. The van der Waals surface area contributed by atoms with Gasteiger partial charge in [-0.25, -0.2) is 0 Å². The fraction of sp³-hybridized carbons (Fsp3) is 0.636. The van der Waals surface area contributed by atoms with Gasteiger partial charge in [-0.15, -0.1) is 0 Å². The number of benzene rings is 1. The fourth-order valence-electron chi connectivity index (χ4n) is 4.19. The number of carbonyl (C=O) groups excluding carboxylic acids is 2. The molecule has 2 fully saturated rings. The number of likely N-dealkylation sites (tertiary alicyclic amines) is 2. The first kappa shape index (κ1) is 20.6. The summed E-state index contributed by atoms with van der Waals surface area (Å²) >= 11 is 0. The number of rotatable bonds is 6. The summed E-state index contributed by atoms with van der Waals surface area (Å²) in [6.07, 6.45) is 5.21. The van der Waals surface area contributed by atoms with Crippen molar-refractivity contribution in [2.75, 3.05) is 33.3 Å². The molecule has 6 heteroatoms. The second-order valence-corrected chi connectivity index (χ2v) is 7.94. The Morgan fingerprint density at radius 2 is 1.86 bits per heavy atom. The highest BCUT2D eigenvalue weighted by molar-refractivity contribution is 5.81. The quantitative estimate of drug-likeness (QED) is 0.814. The van der Waals surface area contributed by atoms with Crippen LogP contribution in [0.15, 0.2) is 24.3 Å². The Morgan fingerprint density at radius 1 is 1.14 bits per heavy atom. The fourth-order valence-corrected chi connectivity index (χ4v) is 4.19. The number of nitrogens with zero attached hydrogens (tertiary/aromatic N) is 2. The van der Waals surface area contributed by atoms with E-state index in [1.54, 1.807) is 7.11 Å². The van der Waals surface area contributed by atoms with Crippen LogP contribution in [0.5, 0.6) is 5.75 Å². The summed E-state index contributed by atoms with van der Waals surface area (Å²) in [4.78, 5) is 29.5. The van der Waals surface area contributed by atoms with E-state index in [1.807, 2.05) is 36.1 Å². The third-order valence-electron chi connectivity index (χ3n) is 6.07. The Labute approximate surface area is 168 Å². The van der Waals surface area contributed by atoms with Crippen molar-refractivity contribution in [2.24, 2.45) is 5.92 Å². The van der Waals surface area contributed by atoms with Crippen molar-refractivity contribution in [3.8, 4) is 5.75 Å². The molecule has 1 unspecified atom stereocenters. The van der Waals surface area contributed by atoms with Crippen molar-refractivity contribution in [3.63, 3.8) is 0 Å². The molecule has 0 aromatic heterocycles. The smallest absolute Gasteiger partial charge is 0.237 e. The molecule has 0 saturated carbocycles. The molecular formula is C22H33N3O3. The Morgan fingerprint density at radius 3 is 2.54 bits per heavy atom. The van der Waals surface area contributed by atoms with Gasteiger partial charge in [0.2, 0.25) is 11.8 Å². The van der Waals surface area contributed by atoms with Crippen molar-refractivity contribution in [1.82, 2.24) is 15.1 Å². The van der Waals surface area contributed by atoms with Crippen molar-refractivity contribution in [3.05, 3.63) is 29.8 Å². The van der Waals surface area contributed by atoms with E-state index in [0.29, 0.717) is 12.5 Å². The summed E-state index contributed by atoms with van der Waals surface area (Å²) in [6.45, 7) is 5.89. The lowest BCUT2D eigenvalue weighted by molar-refractivity contribution is -0.138. The van der Waals surface area contributed by atoms with Gasteiger partial charge >= 0.3 is 0 Å². The Kier molecular flexibility index (Phi) is 7.31. The van der Waals surface area contributed by atoms with E-state index in [-0.39, 0.29) is 17.9 Å². The van der Waals surface area contributed by atoms with Crippen LogP contribution >= 0.6 is 0 Å². The zero-order chi connectivity index (χ0) is 19.9. The summed E-state index contributed by atoms with van der Waals surface area (Å²) in [5.74, 6) is 1.28. The molecule has 3 rings (SSSR count). The van der Waals surface area contributed by atoms with Crippen molar-refractivity contribution in [1.29, 1.82) is 0 Å². The van der Waals surface area contributed by atoms with E-state index < -0.39 is 0 Å². The third kappa shape index (κ3) is 5.25. The van der Waals surface area contributed by atoms with Crippen molar-refractivity contribution >= 4 is 11.8 Å². The average molecular weight is 388 g/mol. The predicted molar refractivity (Wildman–Crippen MR) is 109 cm³/mol. The number of ether oxygens (including phenoxy) is 1. The highest BCUT2D eigenvalue weighted by Crippen LogP contribution is 2.23. The van der Waals surface area contributed by atoms with Crippen molar-refractivity contribution < 1.29 is 14.3 Å². The van der Waals surface area contributed by atoms with Gasteiger partial charge in [0.1, 0.15) is 5.75 Å². The normalized spacial score (nSPS) is 19.9. The van der Waals surface area contributed by atoms with Gasteiger partial charge in [-0.2, -0.15) is 0 Å². The molecule has 1 aromatic rings. The largest absolute Gasteiger partial charge is 0.497 e. The van der Waals surface area contributed by atoms with E-state index in [0.717, 1.165) is 63.2 Å². The lowest BCUT2D eigenvalue weighted by atomic mass is 9.93. The molecule has 1 N–H and O–H groups in total. The maximum atomic E-state index is 12.7. The van der Waals surface area contributed by atoms with Gasteiger partial charge in [-0.05, 0) is 69.8 Å². The topological polar surface area (TPSA) is 61.9 Å². The lowest BCUT2D eigenvalue weighted by Gasteiger charge is -2.37. The molecule has 0 aliphatic carbocycles. The molecule has 1 aromatic carbocycles. The molecule has 2 amide bonds. The van der Waals surface area contributed by atoms with E-state index in [2.05, 4.69) is 10.2 Å². The zero-order valence-electron chi connectivity index (χ0n) is 17.2. The summed E-state index contributed by atoms with van der Waals surface area (Å²) in [6, 6.07) is 7.54. The van der Waals surface area contributed by atoms with Crippen LogP contribution < -0.4 is 10.1 Å². The first-order chi connectivity index (χ1) is 13.6. The highest BCUT2D eigenvalue weighted by Gasteiger charge is 2.32. The molecule has 28 heavy (non-hydrogen) atoms. The number of hydrogen-bond acceptors (Lipinski definition) is 4. The minimum absolute atomic E-state index is 0.0311. The molecule has 6 nitrogen and oxygen atoms in total. The molecule has 0 bridgehead atoms. The molecule has 0 radical (unpaired) electrons. The number of nitrogens with one attached hydrogen (secondary N) is 1. The van der Waals surface area contributed by atoms with Crippen LogP contribution in [0.3, 0.4) is 0 Å². The maximum Gasteiger partial charge on any atom is 0.237 e. The van der Waals surface area contributed by atoms with E-state index in [9.17, 15) is 9.59 Å². The van der Waals surface area contributed by atoms with Gasteiger partial charge in [0.05, 0.1) is 13.2 Å². The monoisotopic (exact) mass is 387 g/mol. The zero-order valence-corrected chi connectivity index (χ0v) is 17.2. The van der Waals surface area contributed by atoms with E-state index in [4.69, 9.17) is 4.74 Å². The van der Waals surface area contributed by atoms with E-state index in [1.165, 1.54) is 6.42 Å². The van der Waals surface area contributed by atoms with Gasteiger partial charge in [0.25, 0.3) is 0 Å². The van der Waals surface area contributed by atoms with Gasteiger partial charge in [0.15, 0.2) is 0 Å². The summed E-state index contributed by atoms with van der Waals surface area (Å²) in [5.41, 5.74) is 1.02. The minimum atomic E-state index is -0.184. The molecule has 2 heterocycles. The standard InChI is InChI=1S/C22H33N3O3/c1-17(21(26)23-16-18-7-6-8-20(15-18)28-2)24-13-9-19(10-14-24)22(27)25-11-4-3-5-12-25/h6-8,15,17,19H,3-5,9-14,16H2,1-2H3,(H,23,26). The van der Waals surface area contributed by atoms with Crippen LogP contribution in [0.25, 0.3) is 0 Å². The first-order valence-electron chi connectivity index (χ1n) is 10.5. The Balaban J connectivity index is 1.44. The summed E-state index contributed by atoms with van der Waals surface area (Å²) < 4.78 is 5.23. The van der Waals surface area contributed by atoms with Crippen LogP contribution in [-0.4, -0.2) is 60.9 Å². The lowest BCUT2D eigenvalue weighted by Crippen LogP contribution is -2.50. The van der Waals surface area contributed by atoms with Gasteiger partial charge < -0.3 is 15.0 Å². The number of piperidine rings is 2. The molecular weight excluding hydrogens is 354 g/mol. The van der Waals surface area contributed by atoms with Crippen LogP contribution in [0.2, 0.25) is 0 Å². The molecule has 2 aliphatic heterocycles. The first-order valence-corrected chi connectivity index (χ1v) is 10.5. The predicted octanol–water partition coefficient (Wildman–Crippen LogP) is 2.42. The minimum Gasteiger partial charge on any atom is -0.497 e. The number of carbonyl (C=O) groups is 2. The average Bonchev–Trinajstić information content (AvgIpc) is 2.77. The van der Waals surface area contributed by atoms with Crippen LogP contribution in [-0.2, 0) is 16.1 Å². The highest BCUT2D eigenvalue weighted by atomic mass is 16.5. The molecule has 2 aliphatic rings. The number of hydrogen-bond donors (Lipinski definition) is 1. The van der Waals surface area contributed by atoms with Crippen LogP contribution in [0.4, 0.5) is 0 Å². The maximum absolute atomic E-state index is 12.7. The molecule has 0 spiro atoms. The molecule has 1 atom stereocenters. The number of amides is 2. The molecule has 2 saturated heterocycles. The van der Waals surface area contributed by atoms with Gasteiger partial charge in [-0.1, -0.05) is 12.1 Å². The second kappa shape index (κ2) is 9.92. The van der Waals surface area contributed by atoms with Crippen molar-refractivity contribution in [2.45, 2.75) is 51.6 Å². The van der Waals surface area contributed by atoms with Gasteiger partial charge in [0, 0.05) is 25.6 Å². The third-order valence-corrected chi connectivity index (χ3v) is 6.07. The Hall–Kier alpha value is -2.08. The van der Waals surface area contributed by atoms with E-state index >= 15 is 0 Å². The van der Waals surface area contributed by atoms with Crippen LogP contribution in [0, 0.1) is 5.92 Å². The summed E-state index contributed by atoms with van der Waals surface area (Å²) in [7, 11) is 1.64. The molecule has 154 valence electrons. The SMILES string of the molecule is COc1cccc(CNC(=O)C(C)N2CCC(C(=O)N3CCCCC3)CC2)c1. The Bertz CT molecular complexity index is 665. The summed E-state index contributed by atoms with van der Waals surface area (Å²) in [5, 5.41) is 3.02. The second-order valence-electron chi connectivity index (χ2n) is 7.94.